The zero-order valence-electron chi connectivity index (χ0n) is 14.4. The van der Waals surface area contributed by atoms with E-state index in [1.54, 1.807) is 0 Å². The molecule has 2 aliphatic carbocycles. The minimum absolute atomic E-state index is 0.123. The number of nitrogens with one attached hydrogen (secondary N) is 1. The maximum absolute atomic E-state index is 13.1. The normalized spacial score (nSPS) is 20.2. The second-order valence-electron chi connectivity index (χ2n) is 7.24. The molecule has 2 saturated carbocycles. The van der Waals surface area contributed by atoms with Gasteiger partial charge < -0.3 is 10.2 Å². The number of hydrogen-bond acceptors (Lipinski definition) is 1. The molecule has 3 rings (SSSR count). The minimum atomic E-state index is 0.123. The Morgan fingerprint density at radius 2 is 1.43 bits per heavy atom. The Bertz CT molecular complexity index is 498. The van der Waals surface area contributed by atoms with Crippen LogP contribution in [0.15, 0.2) is 24.3 Å². The van der Waals surface area contributed by atoms with Crippen molar-refractivity contribution in [3.05, 3.63) is 29.8 Å². The molecule has 0 saturated heterocycles. The fourth-order valence-corrected chi connectivity index (χ4v) is 4.24. The first-order chi connectivity index (χ1) is 11.3. The average Bonchev–Trinajstić information content (AvgIpc) is 2.59. The van der Waals surface area contributed by atoms with Crippen LogP contribution in [0.1, 0.15) is 69.8 Å². The van der Waals surface area contributed by atoms with E-state index in [4.69, 9.17) is 0 Å². The fourth-order valence-electron chi connectivity index (χ4n) is 4.24. The summed E-state index contributed by atoms with van der Waals surface area (Å²) in [7, 11) is 0. The van der Waals surface area contributed by atoms with Gasteiger partial charge in [0.1, 0.15) is 0 Å². The second kappa shape index (κ2) is 7.85. The van der Waals surface area contributed by atoms with Crippen molar-refractivity contribution in [3.63, 3.8) is 0 Å². The molecule has 1 N–H and O–H groups in total. The first kappa shape index (κ1) is 16.4. The topological polar surface area (TPSA) is 32.3 Å². The van der Waals surface area contributed by atoms with Crippen molar-refractivity contribution in [2.75, 3.05) is 5.32 Å². The average molecular weight is 314 g/mol. The molecule has 3 heteroatoms. The van der Waals surface area contributed by atoms with Crippen LogP contribution in [0, 0.1) is 6.92 Å². The highest BCUT2D eigenvalue weighted by molar-refractivity contribution is 5.90. The molecule has 1 aromatic rings. The molecule has 2 aliphatic rings. The van der Waals surface area contributed by atoms with Crippen LogP contribution in [-0.2, 0) is 0 Å². The molecule has 0 atom stereocenters. The predicted octanol–water partition coefficient (Wildman–Crippen LogP) is 5.49. The zero-order valence-corrected chi connectivity index (χ0v) is 14.4. The number of aryl methyl sites for hydroxylation is 1. The van der Waals surface area contributed by atoms with Gasteiger partial charge in [0.05, 0.1) is 0 Å². The molecule has 0 radical (unpaired) electrons. The summed E-state index contributed by atoms with van der Waals surface area (Å²) < 4.78 is 0. The third-order valence-corrected chi connectivity index (χ3v) is 5.56. The maximum atomic E-state index is 13.1. The van der Waals surface area contributed by atoms with Crippen LogP contribution in [0.4, 0.5) is 10.5 Å². The summed E-state index contributed by atoms with van der Waals surface area (Å²) in [5, 5.41) is 3.19. The third kappa shape index (κ3) is 4.07. The SMILES string of the molecule is Cc1ccccc1NC(=O)N(C1CCCCC1)C1CCCCC1. The summed E-state index contributed by atoms with van der Waals surface area (Å²) in [5.41, 5.74) is 2.09. The van der Waals surface area contributed by atoms with E-state index in [0.717, 1.165) is 11.3 Å². The molecule has 0 unspecified atom stereocenters. The highest BCUT2D eigenvalue weighted by Crippen LogP contribution is 2.31. The van der Waals surface area contributed by atoms with E-state index in [0.29, 0.717) is 12.1 Å². The molecular weight excluding hydrogens is 284 g/mol. The lowest BCUT2D eigenvalue weighted by Crippen LogP contribution is -2.50. The number of nitrogens with zero attached hydrogens (tertiary/aromatic N) is 1. The molecule has 2 amide bonds. The lowest BCUT2D eigenvalue weighted by Gasteiger charge is -2.41. The van der Waals surface area contributed by atoms with Crippen LogP contribution < -0.4 is 5.32 Å². The molecule has 126 valence electrons. The third-order valence-electron chi connectivity index (χ3n) is 5.56. The standard InChI is InChI=1S/C20H30N2O/c1-16-10-8-9-15-19(16)21-20(23)22(17-11-4-2-5-12-17)18-13-6-3-7-14-18/h8-10,15,17-18H,2-7,11-14H2,1H3,(H,21,23). The molecule has 0 aromatic heterocycles. The van der Waals surface area contributed by atoms with E-state index in [1.165, 1.54) is 64.2 Å². The van der Waals surface area contributed by atoms with Gasteiger partial charge in [0.15, 0.2) is 0 Å². The van der Waals surface area contributed by atoms with Gasteiger partial charge in [0.25, 0.3) is 0 Å². The molecule has 0 bridgehead atoms. The van der Waals surface area contributed by atoms with Crippen molar-refractivity contribution < 1.29 is 4.79 Å². The monoisotopic (exact) mass is 314 g/mol. The van der Waals surface area contributed by atoms with Crippen molar-refractivity contribution >= 4 is 11.7 Å². The van der Waals surface area contributed by atoms with Crippen LogP contribution >= 0.6 is 0 Å². The van der Waals surface area contributed by atoms with E-state index < -0.39 is 0 Å². The van der Waals surface area contributed by atoms with Crippen molar-refractivity contribution in [1.29, 1.82) is 0 Å². The van der Waals surface area contributed by atoms with Gasteiger partial charge in [-0.15, -0.1) is 0 Å². The van der Waals surface area contributed by atoms with Gasteiger partial charge in [0, 0.05) is 17.8 Å². The Hall–Kier alpha value is -1.51. The zero-order chi connectivity index (χ0) is 16.1. The van der Waals surface area contributed by atoms with Gasteiger partial charge in [-0.1, -0.05) is 56.7 Å². The molecule has 2 fully saturated rings. The Morgan fingerprint density at radius 1 is 0.913 bits per heavy atom. The van der Waals surface area contributed by atoms with Gasteiger partial charge in [-0.2, -0.15) is 0 Å². The van der Waals surface area contributed by atoms with Gasteiger partial charge in [-0.05, 0) is 44.2 Å². The Morgan fingerprint density at radius 3 is 1.96 bits per heavy atom. The Labute approximate surface area is 140 Å². The second-order valence-corrected chi connectivity index (χ2v) is 7.24. The van der Waals surface area contributed by atoms with E-state index in [9.17, 15) is 4.79 Å². The summed E-state index contributed by atoms with van der Waals surface area (Å²) in [6.45, 7) is 2.06. The quantitative estimate of drug-likeness (QED) is 0.785. The van der Waals surface area contributed by atoms with Crippen LogP contribution in [0.25, 0.3) is 0 Å². The highest BCUT2D eigenvalue weighted by atomic mass is 16.2. The number of hydrogen-bond donors (Lipinski definition) is 1. The molecule has 3 nitrogen and oxygen atoms in total. The van der Waals surface area contributed by atoms with Crippen molar-refractivity contribution in [2.45, 2.75) is 83.2 Å². The van der Waals surface area contributed by atoms with Crippen molar-refractivity contribution in [3.8, 4) is 0 Å². The number of rotatable bonds is 3. The lowest BCUT2D eigenvalue weighted by atomic mass is 9.89. The number of carbonyl (C=O) groups excluding carboxylic acids is 1. The number of benzene rings is 1. The summed E-state index contributed by atoms with van der Waals surface area (Å²) >= 11 is 0. The predicted molar refractivity (Wildman–Crippen MR) is 95.8 cm³/mol. The van der Waals surface area contributed by atoms with Crippen LogP contribution in [0.5, 0.6) is 0 Å². The minimum Gasteiger partial charge on any atom is -0.319 e. The fraction of sp³-hybridized carbons (Fsp3) is 0.650. The number of urea groups is 1. The van der Waals surface area contributed by atoms with Crippen LogP contribution in [-0.4, -0.2) is 23.0 Å². The first-order valence-corrected chi connectivity index (χ1v) is 9.40. The summed E-state index contributed by atoms with van der Waals surface area (Å²) in [6, 6.07) is 9.08. The first-order valence-electron chi connectivity index (χ1n) is 9.40. The highest BCUT2D eigenvalue weighted by Gasteiger charge is 2.32. The largest absolute Gasteiger partial charge is 0.322 e. The van der Waals surface area contributed by atoms with Gasteiger partial charge in [-0.3, -0.25) is 0 Å². The molecule has 1 aromatic carbocycles. The van der Waals surface area contributed by atoms with Gasteiger partial charge >= 0.3 is 6.03 Å². The molecule has 23 heavy (non-hydrogen) atoms. The van der Waals surface area contributed by atoms with Gasteiger partial charge in [-0.25, -0.2) is 4.79 Å². The molecule has 0 spiro atoms. The maximum Gasteiger partial charge on any atom is 0.322 e. The number of anilines is 1. The summed E-state index contributed by atoms with van der Waals surface area (Å²) in [4.78, 5) is 15.3. The molecular formula is C20H30N2O. The van der Waals surface area contributed by atoms with E-state index in [-0.39, 0.29) is 6.03 Å². The number of amides is 2. The lowest BCUT2D eigenvalue weighted by molar-refractivity contribution is 0.114. The van der Waals surface area contributed by atoms with Crippen molar-refractivity contribution in [2.24, 2.45) is 0 Å². The molecule has 0 aliphatic heterocycles. The van der Waals surface area contributed by atoms with Crippen LogP contribution in [0.3, 0.4) is 0 Å². The van der Waals surface area contributed by atoms with E-state index in [1.807, 2.05) is 18.2 Å². The number of carbonyl (C=O) groups is 1. The van der Waals surface area contributed by atoms with Gasteiger partial charge in [0.2, 0.25) is 0 Å². The number of para-hydroxylation sites is 1. The van der Waals surface area contributed by atoms with Crippen LogP contribution in [0.2, 0.25) is 0 Å². The van der Waals surface area contributed by atoms with Crippen molar-refractivity contribution in [1.82, 2.24) is 4.90 Å². The smallest absolute Gasteiger partial charge is 0.319 e. The molecule has 0 heterocycles. The summed E-state index contributed by atoms with van der Waals surface area (Å²) in [5.74, 6) is 0. The Balaban J connectivity index is 1.75. The van der Waals surface area contributed by atoms with E-state index >= 15 is 0 Å². The van der Waals surface area contributed by atoms with E-state index in [2.05, 4.69) is 23.2 Å². The summed E-state index contributed by atoms with van der Waals surface area (Å²) in [6.07, 6.45) is 12.4. The Kier molecular flexibility index (Phi) is 5.58.